The molecule has 1 aromatic heterocycles. The van der Waals surface area contributed by atoms with Gasteiger partial charge in [-0.15, -0.1) is 0 Å². The SMILES string of the molecule is O=C(Nc1ccc(O)cc1)c1ccc(N2CCCCCC2)nc1. The molecule has 23 heavy (non-hydrogen) atoms. The third kappa shape index (κ3) is 4.00. The molecule has 1 saturated heterocycles. The average Bonchev–Trinajstić information content (AvgIpc) is 2.86. The highest BCUT2D eigenvalue weighted by atomic mass is 16.3. The number of amides is 1. The number of phenolic OH excluding ortho intramolecular Hbond substituents is 1. The lowest BCUT2D eigenvalue weighted by atomic mass is 10.2. The van der Waals surface area contributed by atoms with Crippen molar-refractivity contribution in [2.45, 2.75) is 25.7 Å². The quantitative estimate of drug-likeness (QED) is 0.852. The van der Waals surface area contributed by atoms with Gasteiger partial charge in [0.25, 0.3) is 5.91 Å². The number of carbonyl (C=O) groups excluding carboxylic acids is 1. The van der Waals surface area contributed by atoms with Gasteiger partial charge in [0.1, 0.15) is 11.6 Å². The number of carbonyl (C=O) groups is 1. The Morgan fingerprint density at radius 3 is 2.30 bits per heavy atom. The number of nitrogens with zero attached hydrogens (tertiary/aromatic N) is 2. The number of phenols is 1. The molecule has 3 rings (SSSR count). The highest BCUT2D eigenvalue weighted by molar-refractivity contribution is 6.04. The first-order valence-corrected chi connectivity index (χ1v) is 8.04. The van der Waals surface area contributed by atoms with E-state index in [9.17, 15) is 9.90 Å². The van der Waals surface area contributed by atoms with E-state index in [1.807, 2.05) is 12.1 Å². The maximum absolute atomic E-state index is 12.2. The van der Waals surface area contributed by atoms with Gasteiger partial charge in [0.15, 0.2) is 0 Å². The van der Waals surface area contributed by atoms with E-state index < -0.39 is 0 Å². The van der Waals surface area contributed by atoms with Crippen LogP contribution in [0, 0.1) is 0 Å². The third-order valence-electron chi connectivity index (χ3n) is 4.07. The lowest BCUT2D eigenvalue weighted by Gasteiger charge is -2.21. The molecule has 0 bridgehead atoms. The van der Waals surface area contributed by atoms with Crippen LogP contribution in [0.25, 0.3) is 0 Å². The van der Waals surface area contributed by atoms with Crippen LogP contribution in [0.1, 0.15) is 36.0 Å². The average molecular weight is 311 g/mol. The Morgan fingerprint density at radius 2 is 1.70 bits per heavy atom. The first-order chi connectivity index (χ1) is 11.2. The molecule has 0 aliphatic carbocycles. The number of aromatic hydroxyl groups is 1. The Labute approximate surface area is 136 Å². The summed E-state index contributed by atoms with van der Waals surface area (Å²) in [5.74, 6) is 0.908. The number of nitrogens with one attached hydrogen (secondary N) is 1. The monoisotopic (exact) mass is 311 g/mol. The van der Waals surface area contributed by atoms with Crippen molar-refractivity contribution in [2.75, 3.05) is 23.3 Å². The molecule has 2 aromatic rings. The molecule has 0 radical (unpaired) electrons. The van der Waals surface area contributed by atoms with Crippen LogP contribution in [0.5, 0.6) is 5.75 Å². The zero-order valence-electron chi connectivity index (χ0n) is 13.0. The van der Waals surface area contributed by atoms with Crippen LogP contribution >= 0.6 is 0 Å². The second kappa shape index (κ2) is 7.13. The number of hydrogen-bond acceptors (Lipinski definition) is 4. The molecule has 0 unspecified atom stereocenters. The van der Waals surface area contributed by atoms with Crippen molar-refractivity contribution in [3.05, 3.63) is 48.2 Å². The van der Waals surface area contributed by atoms with Crippen LogP contribution in [0.4, 0.5) is 11.5 Å². The summed E-state index contributed by atoms with van der Waals surface area (Å²) in [5, 5.41) is 12.0. The standard InChI is InChI=1S/C18H21N3O2/c22-16-8-6-15(7-9-16)20-18(23)14-5-10-17(19-13-14)21-11-3-1-2-4-12-21/h5-10,13,22H,1-4,11-12H2,(H,20,23). The summed E-state index contributed by atoms with van der Waals surface area (Å²) in [4.78, 5) is 18.9. The van der Waals surface area contributed by atoms with Gasteiger partial charge in [0.05, 0.1) is 5.56 Å². The minimum absolute atomic E-state index is 0.173. The van der Waals surface area contributed by atoms with E-state index in [0.717, 1.165) is 18.9 Å². The van der Waals surface area contributed by atoms with Crippen molar-refractivity contribution >= 4 is 17.4 Å². The molecule has 1 aromatic carbocycles. The van der Waals surface area contributed by atoms with E-state index in [0.29, 0.717) is 11.3 Å². The lowest BCUT2D eigenvalue weighted by molar-refractivity contribution is 0.102. The van der Waals surface area contributed by atoms with Crippen LogP contribution in [-0.4, -0.2) is 29.1 Å². The molecule has 0 saturated carbocycles. The molecular formula is C18H21N3O2. The van der Waals surface area contributed by atoms with Crippen molar-refractivity contribution in [3.63, 3.8) is 0 Å². The first kappa shape index (κ1) is 15.3. The van der Waals surface area contributed by atoms with Gasteiger partial charge in [-0.05, 0) is 49.2 Å². The Morgan fingerprint density at radius 1 is 1.00 bits per heavy atom. The summed E-state index contributed by atoms with van der Waals surface area (Å²) in [7, 11) is 0. The fraction of sp³-hybridized carbons (Fsp3) is 0.333. The predicted molar refractivity (Wildman–Crippen MR) is 91.0 cm³/mol. The van der Waals surface area contributed by atoms with Gasteiger partial charge < -0.3 is 15.3 Å². The summed E-state index contributed by atoms with van der Waals surface area (Å²) in [6, 6.07) is 10.1. The predicted octanol–water partition coefficient (Wildman–Crippen LogP) is 3.42. The van der Waals surface area contributed by atoms with Crippen LogP contribution in [-0.2, 0) is 0 Å². The Bertz CT molecular complexity index is 645. The van der Waals surface area contributed by atoms with Crippen LogP contribution in [0.3, 0.4) is 0 Å². The van der Waals surface area contributed by atoms with Gasteiger partial charge in [-0.2, -0.15) is 0 Å². The Balaban J connectivity index is 1.66. The van der Waals surface area contributed by atoms with Crippen molar-refractivity contribution in [1.82, 2.24) is 4.98 Å². The van der Waals surface area contributed by atoms with Gasteiger partial charge >= 0.3 is 0 Å². The van der Waals surface area contributed by atoms with Gasteiger partial charge in [-0.25, -0.2) is 4.98 Å². The summed E-state index contributed by atoms with van der Waals surface area (Å²) < 4.78 is 0. The number of rotatable bonds is 3. The first-order valence-electron chi connectivity index (χ1n) is 8.04. The van der Waals surface area contributed by atoms with Crippen molar-refractivity contribution in [1.29, 1.82) is 0 Å². The van der Waals surface area contributed by atoms with E-state index in [-0.39, 0.29) is 11.7 Å². The van der Waals surface area contributed by atoms with Gasteiger partial charge in [0, 0.05) is 25.0 Å². The van der Waals surface area contributed by atoms with E-state index in [4.69, 9.17) is 0 Å². The molecule has 2 heterocycles. The number of benzene rings is 1. The lowest BCUT2D eigenvalue weighted by Crippen LogP contribution is -2.25. The third-order valence-corrected chi connectivity index (χ3v) is 4.07. The van der Waals surface area contributed by atoms with Crippen molar-refractivity contribution in [3.8, 4) is 5.75 Å². The number of pyridine rings is 1. The van der Waals surface area contributed by atoms with Crippen molar-refractivity contribution in [2.24, 2.45) is 0 Å². The summed E-state index contributed by atoms with van der Waals surface area (Å²) >= 11 is 0. The zero-order valence-corrected chi connectivity index (χ0v) is 13.0. The Hall–Kier alpha value is -2.56. The minimum atomic E-state index is -0.203. The summed E-state index contributed by atoms with van der Waals surface area (Å²) in [6.07, 6.45) is 6.58. The second-order valence-electron chi connectivity index (χ2n) is 5.81. The maximum Gasteiger partial charge on any atom is 0.257 e. The molecular weight excluding hydrogens is 290 g/mol. The van der Waals surface area contributed by atoms with E-state index in [1.54, 1.807) is 18.3 Å². The fourth-order valence-electron chi connectivity index (χ4n) is 2.76. The molecule has 1 aliphatic heterocycles. The highest BCUT2D eigenvalue weighted by Gasteiger charge is 2.12. The molecule has 5 heteroatoms. The molecule has 1 amide bonds. The largest absolute Gasteiger partial charge is 0.508 e. The van der Waals surface area contributed by atoms with Gasteiger partial charge in [-0.1, -0.05) is 12.8 Å². The maximum atomic E-state index is 12.2. The van der Waals surface area contributed by atoms with Gasteiger partial charge in [0.2, 0.25) is 0 Å². The van der Waals surface area contributed by atoms with Crippen LogP contribution in [0.15, 0.2) is 42.6 Å². The smallest absolute Gasteiger partial charge is 0.257 e. The Kier molecular flexibility index (Phi) is 4.76. The van der Waals surface area contributed by atoms with Crippen LogP contribution in [0.2, 0.25) is 0 Å². The van der Waals surface area contributed by atoms with E-state index >= 15 is 0 Å². The zero-order chi connectivity index (χ0) is 16.1. The van der Waals surface area contributed by atoms with E-state index in [2.05, 4.69) is 15.2 Å². The molecule has 5 nitrogen and oxygen atoms in total. The number of hydrogen-bond donors (Lipinski definition) is 2. The molecule has 1 aliphatic rings. The summed E-state index contributed by atoms with van der Waals surface area (Å²) in [5.41, 5.74) is 1.17. The molecule has 120 valence electrons. The molecule has 1 fully saturated rings. The minimum Gasteiger partial charge on any atom is -0.508 e. The second-order valence-corrected chi connectivity index (χ2v) is 5.81. The molecule has 2 N–H and O–H groups in total. The normalized spacial score (nSPS) is 15.0. The fourth-order valence-corrected chi connectivity index (χ4v) is 2.76. The number of aromatic nitrogens is 1. The van der Waals surface area contributed by atoms with E-state index in [1.165, 1.54) is 37.8 Å². The molecule has 0 spiro atoms. The van der Waals surface area contributed by atoms with Crippen molar-refractivity contribution < 1.29 is 9.90 Å². The van der Waals surface area contributed by atoms with Crippen LogP contribution < -0.4 is 10.2 Å². The van der Waals surface area contributed by atoms with Gasteiger partial charge in [-0.3, -0.25) is 4.79 Å². The summed E-state index contributed by atoms with van der Waals surface area (Å²) in [6.45, 7) is 2.07. The highest BCUT2D eigenvalue weighted by Crippen LogP contribution is 2.18. The molecule has 0 atom stereocenters. The number of anilines is 2. The topological polar surface area (TPSA) is 65.5 Å².